The molecule has 4 aromatic rings. The zero-order chi connectivity index (χ0) is 28.7. The Labute approximate surface area is 230 Å². The van der Waals surface area contributed by atoms with Crippen LogP contribution in [0.2, 0.25) is 5.02 Å². The molecule has 4 heterocycles. The van der Waals surface area contributed by atoms with E-state index in [0.717, 1.165) is 9.25 Å². The number of aliphatic hydroxyl groups is 1. The van der Waals surface area contributed by atoms with Crippen LogP contribution in [0.1, 0.15) is 5.82 Å². The average Bonchev–Trinajstić information content (AvgIpc) is 3.49. The lowest BCUT2D eigenvalue weighted by atomic mass is 10.2. The van der Waals surface area contributed by atoms with Crippen molar-refractivity contribution in [3.8, 4) is 17.1 Å². The number of anilines is 1. The van der Waals surface area contributed by atoms with Crippen molar-refractivity contribution >= 4 is 27.1 Å². The Morgan fingerprint density at radius 1 is 1.05 bits per heavy atom. The lowest BCUT2D eigenvalue weighted by molar-refractivity contribution is -0.207. The van der Waals surface area contributed by atoms with Gasteiger partial charge < -0.3 is 10.0 Å². The van der Waals surface area contributed by atoms with Crippen LogP contribution in [0.25, 0.3) is 17.1 Å². The summed E-state index contributed by atoms with van der Waals surface area (Å²) in [4.78, 5) is 23.4. The average molecular weight is 599 g/mol. The Morgan fingerprint density at radius 2 is 1.75 bits per heavy atom. The Bertz CT molecular complexity index is 1670. The number of nitrogens with zero attached hydrogens (tertiary/aromatic N) is 8. The summed E-state index contributed by atoms with van der Waals surface area (Å²) in [5, 5.41) is 18.6. The van der Waals surface area contributed by atoms with Gasteiger partial charge in [0.1, 0.15) is 18.6 Å². The first-order chi connectivity index (χ1) is 18.9. The first-order valence-electron chi connectivity index (χ1n) is 11.9. The van der Waals surface area contributed by atoms with Crippen molar-refractivity contribution in [1.82, 2.24) is 34.1 Å². The maximum absolute atomic E-state index is 13.1. The summed E-state index contributed by atoms with van der Waals surface area (Å²) in [6.07, 6.45) is -3.25. The van der Waals surface area contributed by atoms with Crippen molar-refractivity contribution in [3.63, 3.8) is 0 Å². The maximum atomic E-state index is 13.1. The van der Waals surface area contributed by atoms with Gasteiger partial charge in [-0.2, -0.15) is 13.2 Å². The number of aliphatic hydroxyl groups excluding tert-OH is 1. The summed E-state index contributed by atoms with van der Waals surface area (Å²) >= 11 is 5.92. The van der Waals surface area contributed by atoms with Gasteiger partial charge in [0.2, 0.25) is 0 Å². The second-order valence-corrected chi connectivity index (χ2v) is 11.8. The molecule has 12 nitrogen and oxygen atoms in total. The highest BCUT2D eigenvalue weighted by molar-refractivity contribution is 7.91. The molecule has 1 aliphatic rings. The minimum atomic E-state index is -4.95. The molecule has 5 rings (SSSR count). The summed E-state index contributed by atoms with van der Waals surface area (Å²) in [7, 11) is -3.09. The van der Waals surface area contributed by atoms with Crippen molar-refractivity contribution in [2.75, 3.05) is 29.5 Å². The number of pyridine rings is 1. The minimum absolute atomic E-state index is 0.0158. The van der Waals surface area contributed by atoms with Gasteiger partial charge in [-0.25, -0.2) is 27.6 Å². The van der Waals surface area contributed by atoms with E-state index in [9.17, 15) is 31.5 Å². The summed E-state index contributed by atoms with van der Waals surface area (Å²) in [5.41, 5.74) is 0.625. The van der Waals surface area contributed by atoms with Gasteiger partial charge in [-0.3, -0.25) is 9.55 Å². The van der Waals surface area contributed by atoms with Gasteiger partial charge in [-0.1, -0.05) is 11.6 Å². The quantitative estimate of drug-likeness (QED) is 0.335. The van der Waals surface area contributed by atoms with Crippen LogP contribution in [-0.4, -0.2) is 84.5 Å². The third-order valence-electron chi connectivity index (χ3n) is 6.30. The fourth-order valence-corrected chi connectivity index (χ4v) is 5.52. The normalized spacial score (nSPS) is 16.3. The zero-order valence-electron chi connectivity index (χ0n) is 20.6. The molecule has 40 heavy (non-hydrogen) atoms. The van der Waals surface area contributed by atoms with Crippen LogP contribution < -0.4 is 10.6 Å². The van der Waals surface area contributed by atoms with Crippen molar-refractivity contribution in [1.29, 1.82) is 0 Å². The largest absolute Gasteiger partial charge is 0.416 e. The van der Waals surface area contributed by atoms with E-state index < -0.39 is 34.4 Å². The Balaban J connectivity index is 1.45. The molecule has 0 saturated carbocycles. The number of halogens is 4. The molecule has 1 aliphatic heterocycles. The van der Waals surface area contributed by atoms with E-state index in [1.165, 1.54) is 41.5 Å². The molecule has 1 saturated heterocycles. The Kier molecular flexibility index (Phi) is 7.41. The van der Waals surface area contributed by atoms with Gasteiger partial charge in [0.15, 0.2) is 27.6 Å². The molecule has 0 radical (unpaired) electrons. The summed E-state index contributed by atoms with van der Waals surface area (Å²) in [5.74, 6) is 0.0601. The van der Waals surface area contributed by atoms with Crippen molar-refractivity contribution in [2.45, 2.75) is 25.4 Å². The monoisotopic (exact) mass is 598 g/mol. The van der Waals surface area contributed by atoms with Gasteiger partial charge in [0, 0.05) is 29.9 Å². The lowest BCUT2D eigenvalue weighted by Gasteiger charge is -2.29. The molecule has 0 amide bonds. The first kappa shape index (κ1) is 27.8. The van der Waals surface area contributed by atoms with Gasteiger partial charge in [0.25, 0.3) is 0 Å². The molecule has 212 valence electrons. The Morgan fingerprint density at radius 3 is 2.42 bits per heavy atom. The predicted octanol–water partition coefficient (Wildman–Crippen LogP) is 1.55. The summed E-state index contributed by atoms with van der Waals surface area (Å²) < 4.78 is 66.1. The van der Waals surface area contributed by atoms with Gasteiger partial charge in [-0.05, 0) is 30.3 Å². The summed E-state index contributed by atoms with van der Waals surface area (Å²) in [6.45, 7) is -0.748. The van der Waals surface area contributed by atoms with Crippen LogP contribution in [-0.2, 0) is 22.9 Å². The van der Waals surface area contributed by atoms with E-state index in [2.05, 4.69) is 20.2 Å². The fraction of sp³-hybridized carbons (Fsp3) is 0.348. The zero-order valence-corrected chi connectivity index (χ0v) is 22.2. The molecule has 0 bridgehead atoms. The van der Waals surface area contributed by atoms with Crippen LogP contribution in [0.5, 0.6) is 0 Å². The molecule has 1 fully saturated rings. The third kappa shape index (κ3) is 5.88. The molecule has 1 N–H and O–H groups in total. The second-order valence-electron chi connectivity index (χ2n) is 9.05. The topological polar surface area (TPSA) is 141 Å². The minimum Gasteiger partial charge on any atom is -0.382 e. The predicted molar refractivity (Wildman–Crippen MR) is 138 cm³/mol. The molecule has 0 unspecified atom stereocenters. The second kappa shape index (κ2) is 10.7. The molecule has 1 aromatic carbocycles. The molecule has 0 aliphatic carbocycles. The smallest absolute Gasteiger partial charge is 0.382 e. The van der Waals surface area contributed by atoms with Crippen LogP contribution >= 0.6 is 11.6 Å². The lowest BCUT2D eigenvalue weighted by Crippen LogP contribution is -2.40. The molecule has 3 aromatic heterocycles. The molecule has 0 spiro atoms. The van der Waals surface area contributed by atoms with E-state index in [-0.39, 0.29) is 29.7 Å². The van der Waals surface area contributed by atoms with Crippen molar-refractivity contribution in [2.24, 2.45) is 0 Å². The number of hydrogen-bond donors (Lipinski definition) is 1. The number of rotatable bonds is 7. The van der Waals surface area contributed by atoms with Gasteiger partial charge >= 0.3 is 11.9 Å². The van der Waals surface area contributed by atoms with Crippen molar-refractivity contribution < 1.29 is 26.7 Å². The van der Waals surface area contributed by atoms with Gasteiger partial charge in [0.05, 0.1) is 29.9 Å². The Hall–Kier alpha value is -3.76. The highest BCUT2D eigenvalue weighted by Gasteiger charge is 2.39. The SMILES string of the molecule is O=c1n(Cc2ncn(-c3cnccc3N3CCS(=O)(=O)CC3)n2)nc(-c2ccc(Cl)cc2)n1C[C@H](O)C(F)(F)F. The van der Waals surface area contributed by atoms with E-state index in [4.69, 9.17) is 11.6 Å². The number of sulfone groups is 1. The molecular weight excluding hydrogens is 577 g/mol. The van der Waals surface area contributed by atoms with Crippen molar-refractivity contribution in [3.05, 3.63) is 70.4 Å². The van der Waals surface area contributed by atoms with E-state index >= 15 is 0 Å². The molecular formula is C23H22ClF3N8O4S. The fourth-order valence-electron chi connectivity index (χ4n) is 4.19. The number of alkyl halides is 3. The van der Waals surface area contributed by atoms with Gasteiger partial charge in [-0.15, -0.1) is 10.2 Å². The first-order valence-corrected chi connectivity index (χ1v) is 14.1. The summed E-state index contributed by atoms with van der Waals surface area (Å²) in [6, 6.07) is 7.71. The van der Waals surface area contributed by atoms with E-state index in [1.807, 2.05) is 4.90 Å². The van der Waals surface area contributed by atoms with Crippen LogP contribution in [0.15, 0.2) is 53.8 Å². The maximum Gasteiger partial charge on any atom is 0.416 e. The number of benzene rings is 1. The van der Waals surface area contributed by atoms with Crippen LogP contribution in [0.3, 0.4) is 0 Å². The molecule has 1 atom stereocenters. The van der Waals surface area contributed by atoms with Crippen LogP contribution in [0, 0.1) is 0 Å². The van der Waals surface area contributed by atoms with E-state index in [1.54, 1.807) is 12.3 Å². The highest BCUT2D eigenvalue weighted by atomic mass is 35.5. The molecule has 17 heteroatoms. The number of aromatic nitrogens is 7. The highest BCUT2D eigenvalue weighted by Crippen LogP contribution is 2.26. The van der Waals surface area contributed by atoms with E-state index in [0.29, 0.717) is 35.1 Å². The van der Waals surface area contributed by atoms with Crippen LogP contribution in [0.4, 0.5) is 18.9 Å². The number of hydrogen-bond acceptors (Lipinski definition) is 9. The third-order valence-corrected chi connectivity index (χ3v) is 8.16. The standard InChI is InChI=1S/C23H22ClF3N8O4S/c24-16-3-1-15(2-4-16)21-31-34(22(37)33(21)12-19(36)23(25,26)27)13-20-29-14-35(30-20)18-11-28-6-5-17(18)32-7-9-40(38,39)10-8-32/h1-6,11,14,19,36H,7-10,12-13H2/t19-/m0/s1.